The van der Waals surface area contributed by atoms with Crippen LogP contribution in [0.5, 0.6) is 0 Å². The maximum atomic E-state index is 6.06. The van der Waals surface area contributed by atoms with Gasteiger partial charge in [-0.1, -0.05) is 161 Å². The predicted octanol–water partition coefficient (Wildman–Crippen LogP) is 15.3. The Balaban J connectivity index is 1.35. The van der Waals surface area contributed by atoms with Crippen molar-refractivity contribution in [2.45, 2.75) is 111 Å². The lowest BCUT2D eigenvalue weighted by Crippen LogP contribution is -2.34. The fourth-order valence-corrected chi connectivity index (χ4v) is 11.1. The maximum absolute atomic E-state index is 6.06. The quantitative estimate of drug-likeness (QED) is 0.146. The summed E-state index contributed by atoms with van der Waals surface area (Å²) in [6, 6.07) is 45.4. The van der Waals surface area contributed by atoms with Gasteiger partial charge in [-0.25, -0.2) is 0 Å². The first-order valence-corrected chi connectivity index (χ1v) is 22.9. The molecule has 5 nitrogen and oxygen atoms in total. The van der Waals surface area contributed by atoms with Crippen molar-refractivity contribution in [3.63, 3.8) is 0 Å². The standard InChI is InChI=1S/C58H59N5/c1-34-43-33-50(61-46-25-17-13-21-37(46)38-22-14-18-26-47(38)61)59-54(63-49-28-20-16-24-40(49)41-29-35(55(2,3)4)31-44(51(41)63)57(8,9)10)60-53(34)62-48-27-19-15-23-39(48)42-30-36(56(5,6)7)32-45(52(42)62)58(43,11)12/h13-32,43H,33H2,1-12H3/t43-/m0/s1. The van der Waals surface area contributed by atoms with Gasteiger partial charge in [-0.2, -0.15) is 9.98 Å². The fourth-order valence-electron chi connectivity index (χ4n) is 11.1. The maximum Gasteiger partial charge on any atom is 0.238 e. The Morgan fingerprint density at radius 2 is 0.937 bits per heavy atom. The van der Waals surface area contributed by atoms with E-state index in [-0.39, 0.29) is 27.6 Å². The van der Waals surface area contributed by atoms with Gasteiger partial charge >= 0.3 is 0 Å². The molecule has 2 aliphatic rings. The van der Waals surface area contributed by atoms with E-state index in [9.17, 15) is 0 Å². The molecule has 0 aliphatic carbocycles. The van der Waals surface area contributed by atoms with Crippen molar-refractivity contribution < 1.29 is 0 Å². The van der Waals surface area contributed by atoms with Crippen LogP contribution in [0.3, 0.4) is 0 Å². The number of fused-ring (bicyclic) bond motifs is 11. The number of nitrogens with zero attached hydrogens (tertiary/aromatic N) is 5. The zero-order valence-corrected chi connectivity index (χ0v) is 39.1. The van der Waals surface area contributed by atoms with Crippen molar-refractivity contribution in [1.29, 1.82) is 0 Å². The summed E-state index contributed by atoms with van der Waals surface area (Å²) in [7, 11) is 0. The summed E-state index contributed by atoms with van der Waals surface area (Å²) in [5, 5.41) is 7.45. The lowest BCUT2D eigenvalue weighted by Gasteiger charge is -2.37. The lowest BCUT2D eigenvalue weighted by molar-refractivity contribution is 0.376. The van der Waals surface area contributed by atoms with Crippen LogP contribution in [0.25, 0.3) is 71.2 Å². The van der Waals surface area contributed by atoms with Crippen LogP contribution in [0.1, 0.15) is 112 Å². The molecule has 0 N–H and O–H groups in total. The zero-order chi connectivity index (χ0) is 44.1. The van der Waals surface area contributed by atoms with E-state index in [1.165, 1.54) is 76.7 Å². The number of benzene rings is 6. The molecule has 5 heterocycles. The summed E-state index contributed by atoms with van der Waals surface area (Å²) in [6.45, 7) is 28.3. The molecule has 0 unspecified atom stereocenters. The Labute approximate surface area is 371 Å². The van der Waals surface area contributed by atoms with Crippen LogP contribution in [0.2, 0.25) is 0 Å². The van der Waals surface area contributed by atoms with Crippen molar-refractivity contribution in [2.75, 3.05) is 0 Å². The van der Waals surface area contributed by atoms with Gasteiger partial charge in [0.25, 0.3) is 0 Å². The average Bonchev–Trinajstić information content (AvgIpc) is 3.85. The van der Waals surface area contributed by atoms with Gasteiger partial charge in [-0.15, -0.1) is 0 Å². The number of para-hydroxylation sites is 4. The molecule has 316 valence electrons. The zero-order valence-electron chi connectivity index (χ0n) is 39.1. The molecule has 0 fully saturated rings. The number of hydrogen-bond acceptors (Lipinski definition) is 2. The summed E-state index contributed by atoms with van der Waals surface area (Å²) in [5.74, 6) is 2.72. The van der Waals surface area contributed by atoms with Crippen LogP contribution in [-0.4, -0.2) is 25.5 Å². The van der Waals surface area contributed by atoms with Gasteiger partial charge in [-0.3, -0.25) is 13.7 Å². The van der Waals surface area contributed by atoms with Gasteiger partial charge in [0.2, 0.25) is 5.96 Å². The van der Waals surface area contributed by atoms with Crippen LogP contribution >= 0.6 is 0 Å². The van der Waals surface area contributed by atoms with Gasteiger partial charge in [0.05, 0.1) is 33.1 Å². The second kappa shape index (κ2) is 13.2. The molecule has 63 heavy (non-hydrogen) atoms. The predicted molar refractivity (Wildman–Crippen MR) is 270 cm³/mol. The van der Waals surface area contributed by atoms with Crippen molar-refractivity contribution in [1.82, 2.24) is 13.7 Å². The van der Waals surface area contributed by atoms with E-state index in [1.54, 1.807) is 0 Å². The first kappa shape index (κ1) is 39.6. The summed E-state index contributed by atoms with van der Waals surface area (Å²) in [5.41, 5.74) is 13.1. The van der Waals surface area contributed by atoms with Crippen molar-refractivity contribution in [2.24, 2.45) is 15.9 Å². The Morgan fingerprint density at radius 3 is 1.44 bits per heavy atom. The molecule has 11 rings (SSSR count). The summed E-state index contributed by atoms with van der Waals surface area (Å²) in [4.78, 5) is 12.1. The Morgan fingerprint density at radius 1 is 0.492 bits per heavy atom. The highest BCUT2D eigenvalue weighted by Gasteiger charge is 2.42. The second-order valence-corrected chi connectivity index (χ2v) is 22.1. The summed E-state index contributed by atoms with van der Waals surface area (Å²) >= 11 is 0. The van der Waals surface area contributed by atoms with Gasteiger partial charge in [-0.05, 0) is 98.7 Å². The van der Waals surface area contributed by atoms with E-state index in [4.69, 9.17) is 9.98 Å². The van der Waals surface area contributed by atoms with E-state index < -0.39 is 0 Å². The SMILES string of the molecule is CC1=C2N=C(n3c4ccccc4c4cc(C(C)(C)C)cc(C(C)(C)C)c43)N=C(n3c4ccccc4c4ccccc43)C[C@@H]1C(C)(C)c1cc(C(C)(C)C)cc3c4ccccc4n2c13. The molecule has 0 spiro atoms. The van der Waals surface area contributed by atoms with Crippen molar-refractivity contribution >= 4 is 83.0 Å². The highest BCUT2D eigenvalue weighted by molar-refractivity contribution is 6.20. The first-order chi connectivity index (χ1) is 29.8. The monoisotopic (exact) mass is 825 g/mol. The molecular weight excluding hydrogens is 767 g/mol. The number of allylic oxidation sites excluding steroid dienone is 1. The third kappa shape index (κ3) is 5.74. The number of aliphatic imine (C=N–C) groups is 2. The molecule has 0 radical (unpaired) electrons. The van der Waals surface area contributed by atoms with Crippen molar-refractivity contribution in [3.05, 3.63) is 149 Å². The minimum absolute atomic E-state index is 0.0395. The number of hydrogen-bond donors (Lipinski definition) is 0. The molecular formula is C58H59N5. The van der Waals surface area contributed by atoms with E-state index in [2.05, 4.69) is 218 Å². The minimum atomic E-state index is -0.292. The third-order valence-corrected chi connectivity index (χ3v) is 14.6. The molecule has 0 amide bonds. The normalized spacial score (nSPS) is 17.2. The Hall–Kier alpha value is -6.20. The van der Waals surface area contributed by atoms with Crippen molar-refractivity contribution in [3.8, 4) is 0 Å². The molecule has 1 atom stereocenters. The molecule has 9 aromatic rings. The fraction of sp³-hybridized carbons (Fsp3) is 0.310. The highest BCUT2D eigenvalue weighted by Crippen LogP contribution is 2.51. The van der Waals surface area contributed by atoms with Gasteiger partial charge in [0.15, 0.2) is 0 Å². The van der Waals surface area contributed by atoms with Gasteiger partial charge in [0, 0.05) is 38.7 Å². The summed E-state index contributed by atoms with van der Waals surface area (Å²) in [6.07, 6.45) is 0.714. The summed E-state index contributed by atoms with van der Waals surface area (Å²) < 4.78 is 7.36. The first-order valence-electron chi connectivity index (χ1n) is 22.9. The molecule has 0 saturated carbocycles. The van der Waals surface area contributed by atoms with E-state index in [0.717, 1.165) is 28.2 Å². The van der Waals surface area contributed by atoms with Crippen LogP contribution in [0.4, 0.5) is 0 Å². The topological polar surface area (TPSA) is 39.5 Å². The molecule has 0 saturated heterocycles. The molecule has 6 aromatic carbocycles. The van der Waals surface area contributed by atoms with E-state index in [0.29, 0.717) is 12.4 Å². The van der Waals surface area contributed by atoms with Crippen LogP contribution < -0.4 is 0 Å². The lowest BCUT2D eigenvalue weighted by atomic mass is 9.67. The highest BCUT2D eigenvalue weighted by atomic mass is 15.3. The smallest absolute Gasteiger partial charge is 0.238 e. The van der Waals surface area contributed by atoms with E-state index >= 15 is 0 Å². The Bertz CT molecular complexity index is 3460. The molecule has 5 heteroatoms. The molecule has 2 aliphatic heterocycles. The number of rotatable bonds is 0. The average molecular weight is 826 g/mol. The third-order valence-electron chi connectivity index (χ3n) is 14.6. The second-order valence-electron chi connectivity index (χ2n) is 22.1. The molecule has 3 aromatic heterocycles. The van der Waals surface area contributed by atoms with Gasteiger partial charge in [0.1, 0.15) is 11.7 Å². The van der Waals surface area contributed by atoms with Crippen LogP contribution in [-0.2, 0) is 21.7 Å². The van der Waals surface area contributed by atoms with Crippen LogP contribution in [0.15, 0.2) is 137 Å². The van der Waals surface area contributed by atoms with Crippen LogP contribution in [0, 0.1) is 5.92 Å². The Kier molecular flexibility index (Phi) is 8.29. The largest absolute Gasteiger partial charge is 0.297 e. The minimum Gasteiger partial charge on any atom is -0.297 e. The van der Waals surface area contributed by atoms with Gasteiger partial charge < -0.3 is 0 Å². The van der Waals surface area contributed by atoms with E-state index in [1.807, 2.05) is 0 Å². The molecule has 2 bridgehead atoms. The number of aromatic nitrogens is 3.